The number of hydrogen-bond donors (Lipinski definition) is 3. The first-order valence-electron chi connectivity index (χ1n) is 7.89. The molecule has 0 saturated carbocycles. The molecule has 1 amide bonds. The molecule has 0 aliphatic heterocycles. The van der Waals surface area contributed by atoms with Gasteiger partial charge in [-0.3, -0.25) is 4.99 Å². The van der Waals surface area contributed by atoms with E-state index < -0.39 is 11.7 Å². The average Bonchev–Trinajstić information content (AvgIpc) is 2.52. The Kier molecular flexibility index (Phi) is 11.0. The number of nitrogens with one attached hydrogen (secondary N) is 3. The second-order valence-electron chi connectivity index (χ2n) is 6.09. The van der Waals surface area contributed by atoms with Crippen LogP contribution in [0.5, 0.6) is 5.75 Å². The maximum Gasteiger partial charge on any atom is 0.407 e. The van der Waals surface area contributed by atoms with Crippen molar-refractivity contribution in [3.05, 3.63) is 29.8 Å². The van der Waals surface area contributed by atoms with Crippen molar-refractivity contribution in [3.8, 4) is 5.75 Å². The Morgan fingerprint density at radius 1 is 1.12 bits per heavy atom. The molecule has 25 heavy (non-hydrogen) atoms. The fourth-order valence-corrected chi connectivity index (χ4v) is 1.91. The third-order valence-corrected chi connectivity index (χ3v) is 2.95. The number of amides is 1. The molecule has 0 heterocycles. The van der Waals surface area contributed by atoms with Crippen molar-refractivity contribution in [2.75, 3.05) is 27.2 Å². The summed E-state index contributed by atoms with van der Waals surface area (Å²) in [6.07, 6.45) is -0.429. The lowest BCUT2D eigenvalue weighted by Crippen LogP contribution is -2.42. The summed E-state index contributed by atoms with van der Waals surface area (Å²) in [7, 11) is 3.34. The van der Waals surface area contributed by atoms with Gasteiger partial charge < -0.3 is 25.4 Å². The zero-order valence-electron chi connectivity index (χ0n) is 15.5. The Labute approximate surface area is 167 Å². The molecule has 0 atom stereocenters. The number of hydrogen-bond acceptors (Lipinski definition) is 4. The molecule has 0 saturated heterocycles. The summed E-state index contributed by atoms with van der Waals surface area (Å²) in [6, 6.07) is 7.79. The summed E-state index contributed by atoms with van der Waals surface area (Å²) < 4.78 is 10.5. The molecule has 0 aliphatic rings. The van der Waals surface area contributed by atoms with E-state index in [9.17, 15) is 4.79 Å². The molecule has 1 aromatic carbocycles. The maximum absolute atomic E-state index is 11.5. The predicted molar refractivity (Wildman–Crippen MR) is 111 cm³/mol. The van der Waals surface area contributed by atoms with Gasteiger partial charge in [0.25, 0.3) is 0 Å². The van der Waals surface area contributed by atoms with Crippen molar-refractivity contribution in [2.45, 2.75) is 32.9 Å². The van der Waals surface area contributed by atoms with Crippen molar-refractivity contribution in [2.24, 2.45) is 4.99 Å². The monoisotopic (exact) mass is 464 g/mol. The van der Waals surface area contributed by atoms with Crippen LogP contribution in [0.25, 0.3) is 0 Å². The van der Waals surface area contributed by atoms with Gasteiger partial charge in [-0.15, -0.1) is 24.0 Å². The van der Waals surface area contributed by atoms with Crippen LogP contribution in [0.1, 0.15) is 26.3 Å². The van der Waals surface area contributed by atoms with Crippen molar-refractivity contribution in [3.63, 3.8) is 0 Å². The number of ether oxygens (including phenoxy) is 2. The molecule has 0 aromatic heterocycles. The van der Waals surface area contributed by atoms with Gasteiger partial charge in [0.2, 0.25) is 0 Å². The van der Waals surface area contributed by atoms with E-state index in [1.165, 1.54) is 0 Å². The molecular weight excluding hydrogens is 435 g/mol. The Hall–Kier alpha value is -1.71. The summed E-state index contributed by atoms with van der Waals surface area (Å²) >= 11 is 0. The molecule has 0 fully saturated rings. The Bertz CT molecular complexity index is 559. The number of para-hydroxylation sites is 1. The highest BCUT2D eigenvalue weighted by atomic mass is 127. The molecule has 1 rings (SSSR count). The number of halogens is 1. The number of carbonyl (C=O) groups is 1. The largest absolute Gasteiger partial charge is 0.496 e. The molecule has 0 radical (unpaired) electrons. The first-order chi connectivity index (χ1) is 11.4. The molecular formula is C17H29IN4O3. The molecule has 0 aliphatic carbocycles. The van der Waals surface area contributed by atoms with Crippen LogP contribution < -0.4 is 20.7 Å². The van der Waals surface area contributed by atoms with Gasteiger partial charge in [-0.2, -0.15) is 0 Å². The smallest absolute Gasteiger partial charge is 0.407 e. The van der Waals surface area contributed by atoms with E-state index in [0.717, 1.165) is 11.3 Å². The van der Waals surface area contributed by atoms with Gasteiger partial charge in [0.1, 0.15) is 11.4 Å². The van der Waals surface area contributed by atoms with Gasteiger partial charge >= 0.3 is 6.09 Å². The Morgan fingerprint density at radius 2 is 1.76 bits per heavy atom. The van der Waals surface area contributed by atoms with Crippen LogP contribution in [-0.4, -0.2) is 44.9 Å². The van der Waals surface area contributed by atoms with Gasteiger partial charge in [0.15, 0.2) is 5.96 Å². The molecule has 3 N–H and O–H groups in total. The van der Waals surface area contributed by atoms with E-state index in [2.05, 4.69) is 20.9 Å². The first-order valence-corrected chi connectivity index (χ1v) is 7.89. The minimum Gasteiger partial charge on any atom is -0.496 e. The van der Waals surface area contributed by atoms with Crippen molar-refractivity contribution >= 4 is 36.0 Å². The maximum atomic E-state index is 11.5. The SMILES string of the molecule is CN=C(NCCNC(=O)OC(C)(C)C)NCc1ccccc1OC.I. The van der Waals surface area contributed by atoms with Gasteiger partial charge in [-0.1, -0.05) is 18.2 Å². The van der Waals surface area contributed by atoms with Crippen LogP contribution >= 0.6 is 24.0 Å². The quantitative estimate of drug-likeness (QED) is 0.261. The molecule has 1 aromatic rings. The highest BCUT2D eigenvalue weighted by Gasteiger charge is 2.15. The second kappa shape index (κ2) is 11.8. The number of carbonyl (C=O) groups excluding carboxylic acids is 1. The number of alkyl carbamates (subject to hydrolysis) is 1. The van der Waals surface area contributed by atoms with E-state index in [1.54, 1.807) is 14.2 Å². The number of methoxy groups -OCH3 is 1. The molecule has 0 spiro atoms. The summed E-state index contributed by atoms with van der Waals surface area (Å²) in [5.41, 5.74) is 0.541. The molecule has 0 unspecified atom stereocenters. The summed E-state index contributed by atoms with van der Waals surface area (Å²) in [5, 5.41) is 9.01. The van der Waals surface area contributed by atoms with Crippen molar-refractivity contribution in [1.29, 1.82) is 0 Å². The van der Waals surface area contributed by atoms with Crippen LogP contribution in [0.3, 0.4) is 0 Å². The summed E-state index contributed by atoms with van der Waals surface area (Å²) in [5.74, 6) is 1.47. The van der Waals surface area contributed by atoms with Crippen LogP contribution in [0, 0.1) is 0 Å². The third kappa shape index (κ3) is 10.0. The topological polar surface area (TPSA) is 84.0 Å². The van der Waals surface area contributed by atoms with Crippen molar-refractivity contribution in [1.82, 2.24) is 16.0 Å². The lowest BCUT2D eigenvalue weighted by molar-refractivity contribution is 0.0529. The fraction of sp³-hybridized carbons (Fsp3) is 0.529. The lowest BCUT2D eigenvalue weighted by Gasteiger charge is -2.20. The normalized spacial score (nSPS) is 11.2. The number of rotatable bonds is 6. The van der Waals surface area contributed by atoms with E-state index in [0.29, 0.717) is 25.6 Å². The minimum atomic E-state index is -0.496. The van der Waals surface area contributed by atoms with E-state index >= 15 is 0 Å². The Balaban J connectivity index is 0.00000576. The number of guanidine groups is 1. The van der Waals surface area contributed by atoms with Gasteiger partial charge in [-0.25, -0.2) is 4.79 Å². The zero-order chi connectivity index (χ0) is 18.0. The zero-order valence-corrected chi connectivity index (χ0v) is 17.8. The molecule has 142 valence electrons. The van der Waals surface area contributed by atoms with Crippen LogP contribution in [0.2, 0.25) is 0 Å². The standard InChI is InChI=1S/C17H28N4O3.HI/c1-17(2,3)24-16(22)20-11-10-19-15(18-4)21-12-13-8-6-7-9-14(13)23-5;/h6-9H,10-12H2,1-5H3,(H,20,22)(H2,18,19,21);1H. The average molecular weight is 464 g/mol. The molecule has 0 bridgehead atoms. The molecule has 8 heteroatoms. The summed E-state index contributed by atoms with van der Waals surface area (Å²) in [6.45, 7) is 7.04. The van der Waals surface area contributed by atoms with Gasteiger partial charge in [0, 0.05) is 32.2 Å². The highest BCUT2D eigenvalue weighted by Crippen LogP contribution is 2.16. The lowest BCUT2D eigenvalue weighted by atomic mass is 10.2. The van der Waals surface area contributed by atoms with Gasteiger partial charge in [0.05, 0.1) is 7.11 Å². The number of nitrogens with zero attached hydrogens (tertiary/aromatic N) is 1. The Morgan fingerprint density at radius 3 is 2.36 bits per heavy atom. The minimum absolute atomic E-state index is 0. The second-order valence-corrected chi connectivity index (χ2v) is 6.09. The van der Waals surface area contributed by atoms with Crippen LogP contribution in [-0.2, 0) is 11.3 Å². The highest BCUT2D eigenvalue weighted by molar-refractivity contribution is 14.0. The van der Waals surface area contributed by atoms with E-state index in [1.807, 2.05) is 45.0 Å². The number of benzene rings is 1. The summed E-state index contributed by atoms with van der Waals surface area (Å²) in [4.78, 5) is 15.7. The van der Waals surface area contributed by atoms with Crippen LogP contribution in [0.4, 0.5) is 4.79 Å². The van der Waals surface area contributed by atoms with Crippen LogP contribution in [0.15, 0.2) is 29.3 Å². The first kappa shape index (κ1) is 23.3. The predicted octanol–water partition coefficient (Wildman–Crippen LogP) is 2.50. The fourth-order valence-electron chi connectivity index (χ4n) is 1.91. The third-order valence-electron chi connectivity index (χ3n) is 2.95. The van der Waals surface area contributed by atoms with E-state index in [4.69, 9.17) is 9.47 Å². The van der Waals surface area contributed by atoms with E-state index in [-0.39, 0.29) is 24.0 Å². The van der Waals surface area contributed by atoms with Crippen molar-refractivity contribution < 1.29 is 14.3 Å². The molecule has 7 nitrogen and oxygen atoms in total. The number of aliphatic imine (C=N–C) groups is 1. The van der Waals surface area contributed by atoms with Gasteiger partial charge in [-0.05, 0) is 26.8 Å².